The van der Waals surface area contributed by atoms with E-state index in [4.69, 9.17) is 9.47 Å². The molecule has 0 radical (unpaired) electrons. The standard InChI is InChI=1S/C22H25NO3/c1-15(2)19-14-25-21(24)23(19)20-22(26-20,18-12-8-5-9-13-18)16(3)17-10-6-4-7-11-17/h4-13,15-16,19-20H,14H2,1-3H3/t16-,19+,20-,22-/m1/s1. The van der Waals surface area contributed by atoms with Crippen LogP contribution >= 0.6 is 0 Å². The average Bonchev–Trinajstić information content (AvgIpc) is 3.30. The van der Waals surface area contributed by atoms with E-state index in [1.54, 1.807) is 0 Å². The molecule has 0 N–H and O–H groups in total. The molecule has 0 unspecified atom stereocenters. The Hall–Kier alpha value is -2.33. The van der Waals surface area contributed by atoms with Gasteiger partial charge in [0, 0.05) is 5.92 Å². The monoisotopic (exact) mass is 351 g/mol. The lowest BCUT2D eigenvalue weighted by molar-refractivity contribution is 0.134. The van der Waals surface area contributed by atoms with Gasteiger partial charge in [-0.25, -0.2) is 4.79 Å². The van der Waals surface area contributed by atoms with Crippen molar-refractivity contribution in [2.75, 3.05) is 6.61 Å². The van der Waals surface area contributed by atoms with Gasteiger partial charge in [0.15, 0.2) is 6.23 Å². The van der Waals surface area contributed by atoms with Crippen LogP contribution in [0.25, 0.3) is 0 Å². The molecule has 4 atom stereocenters. The topological polar surface area (TPSA) is 42.1 Å². The van der Waals surface area contributed by atoms with Crippen LogP contribution in [-0.2, 0) is 15.1 Å². The molecule has 2 aromatic rings. The second-order valence-electron chi connectivity index (χ2n) is 7.56. The van der Waals surface area contributed by atoms with Crippen molar-refractivity contribution < 1.29 is 14.3 Å². The number of epoxide rings is 1. The summed E-state index contributed by atoms with van der Waals surface area (Å²) in [6.07, 6.45) is -0.575. The van der Waals surface area contributed by atoms with Gasteiger partial charge in [-0.15, -0.1) is 0 Å². The van der Waals surface area contributed by atoms with Crippen molar-refractivity contribution in [1.82, 2.24) is 4.90 Å². The van der Waals surface area contributed by atoms with Gasteiger partial charge < -0.3 is 9.47 Å². The van der Waals surface area contributed by atoms with Crippen molar-refractivity contribution >= 4 is 6.09 Å². The van der Waals surface area contributed by atoms with E-state index >= 15 is 0 Å². The molecule has 4 heteroatoms. The number of carbonyl (C=O) groups is 1. The van der Waals surface area contributed by atoms with E-state index in [1.165, 1.54) is 5.56 Å². The minimum atomic E-state index is -0.543. The van der Waals surface area contributed by atoms with E-state index in [-0.39, 0.29) is 24.3 Å². The Morgan fingerprint density at radius 2 is 1.62 bits per heavy atom. The fourth-order valence-corrected chi connectivity index (χ4v) is 4.11. The minimum Gasteiger partial charge on any atom is -0.447 e. The van der Waals surface area contributed by atoms with Crippen molar-refractivity contribution in [2.24, 2.45) is 5.92 Å². The van der Waals surface area contributed by atoms with Crippen LogP contribution in [-0.4, -0.2) is 29.9 Å². The zero-order valence-electron chi connectivity index (χ0n) is 15.5. The Labute approximate surface area is 154 Å². The maximum Gasteiger partial charge on any atom is 0.412 e. The number of nitrogens with zero attached hydrogens (tertiary/aromatic N) is 1. The van der Waals surface area contributed by atoms with Crippen molar-refractivity contribution in [3.8, 4) is 0 Å². The van der Waals surface area contributed by atoms with Gasteiger partial charge in [-0.3, -0.25) is 4.90 Å². The van der Waals surface area contributed by atoms with Crippen LogP contribution in [0.1, 0.15) is 37.8 Å². The minimum absolute atomic E-state index is 0.0426. The van der Waals surface area contributed by atoms with Gasteiger partial charge in [-0.05, 0) is 17.0 Å². The molecule has 4 rings (SSSR count). The lowest BCUT2D eigenvalue weighted by atomic mass is 9.81. The number of ether oxygens (including phenoxy) is 2. The molecule has 2 saturated heterocycles. The summed E-state index contributed by atoms with van der Waals surface area (Å²) in [7, 11) is 0. The van der Waals surface area contributed by atoms with Crippen LogP contribution < -0.4 is 0 Å². The van der Waals surface area contributed by atoms with Crippen molar-refractivity contribution in [3.63, 3.8) is 0 Å². The van der Waals surface area contributed by atoms with Crippen molar-refractivity contribution in [3.05, 3.63) is 71.8 Å². The van der Waals surface area contributed by atoms with E-state index in [0.717, 1.165) is 5.56 Å². The van der Waals surface area contributed by atoms with Crippen molar-refractivity contribution in [2.45, 2.75) is 44.6 Å². The maximum absolute atomic E-state index is 12.5. The summed E-state index contributed by atoms with van der Waals surface area (Å²) in [5.41, 5.74) is 1.76. The van der Waals surface area contributed by atoms with E-state index in [0.29, 0.717) is 12.5 Å². The first-order valence-corrected chi connectivity index (χ1v) is 9.29. The van der Waals surface area contributed by atoms with Crippen molar-refractivity contribution in [1.29, 1.82) is 0 Å². The predicted octanol–water partition coefficient (Wildman–Crippen LogP) is 4.52. The molecule has 2 aliphatic rings. The van der Waals surface area contributed by atoms with Crippen LogP contribution in [0.15, 0.2) is 60.7 Å². The Bertz CT molecular complexity index is 776. The largest absolute Gasteiger partial charge is 0.447 e. The smallest absolute Gasteiger partial charge is 0.412 e. The molecule has 1 amide bonds. The number of benzene rings is 2. The number of cyclic esters (lactones) is 1. The lowest BCUT2D eigenvalue weighted by Gasteiger charge is -2.27. The fraction of sp³-hybridized carbons (Fsp3) is 0.409. The highest BCUT2D eigenvalue weighted by Crippen LogP contribution is 2.58. The summed E-state index contributed by atoms with van der Waals surface area (Å²) in [4.78, 5) is 14.3. The number of carbonyl (C=O) groups excluding carboxylic acids is 1. The quantitative estimate of drug-likeness (QED) is 0.744. The summed E-state index contributed by atoms with van der Waals surface area (Å²) in [6.45, 7) is 6.84. The molecule has 0 saturated carbocycles. The van der Waals surface area contributed by atoms with E-state index in [1.807, 2.05) is 41.3 Å². The number of hydrogen-bond acceptors (Lipinski definition) is 3. The Kier molecular flexibility index (Phi) is 4.23. The molecule has 4 nitrogen and oxygen atoms in total. The molecule has 0 aromatic heterocycles. The molecule has 0 spiro atoms. The highest BCUT2D eigenvalue weighted by molar-refractivity contribution is 5.71. The fourth-order valence-electron chi connectivity index (χ4n) is 4.11. The van der Waals surface area contributed by atoms with Crippen LogP contribution in [0.2, 0.25) is 0 Å². The molecule has 26 heavy (non-hydrogen) atoms. The van der Waals surface area contributed by atoms with Gasteiger partial charge in [0.05, 0.1) is 6.04 Å². The third kappa shape index (κ3) is 2.60. The molecule has 2 fully saturated rings. The van der Waals surface area contributed by atoms with Gasteiger partial charge >= 0.3 is 6.09 Å². The van der Waals surface area contributed by atoms with Gasteiger partial charge in [-0.2, -0.15) is 0 Å². The second kappa shape index (κ2) is 6.44. The highest BCUT2D eigenvalue weighted by atomic mass is 16.7. The summed E-state index contributed by atoms with van der Waals surface area (Å²) in [5.74, 6) is 0.420. The van der Waals surface area contributed by atoms with Crippen LogP contribution in [0, 0.1) is 5.92 Å². The average molecular weight is 351 g/mol. The third-order valence-corrected chi connectivity index (χ3v) is 5.75. The maximum atomic E-state index is 12.5. The summed E-state index contributed by atoms with van der Waals surface area (Å²) in [5, 5.41) is 0. The molecule has 136 valence electrons. The third-order valence-electron chi connectivity index (χ3n) is 5.75. The molecule has 0 bridgehead atoms. The van der Waals surface area contributed by atoms with Crippen LogP contribution in [0.3, 0.4) is 0 Å². The van der Waals surface area contributed by atoms with Gasteiger partial charge in [-0.1, -0.05) is 81.4 Å². The van der Waals surface area contributed by atoms with E-state index in [9.17, 15) is 4.79 Å². The molecule has 2 heterocycles. The molecule has 0 aliphatic carbocycles. The van der Waals surface area contributed by atoms with Gasteiger partial charge in [0.1, 0.15) is 12.2 Å². The summed E-state index contributed by atoms with van der Waals surface area (Å²) >= 11 is 0. The Morgan fingerprint density at radius 3 is 2.23 bits per heavy atom. The highest BCUT2D eigenvalue weighted by Gasteiger charge is 2.67. The number of hydrogen-bond donors (Lipinski definition) is 0. The summed E-state index contributed by atoms with van der Waals surface area (Å²) in [6, 6.07) is 20.6. The zero-order chi connectivity index (χ0) is 18.3. The second-order valence-corrected chi connectivity index (χ2v) is 7.56. The zero-order valence-corrected chi connectivity index (χ0v) is 15.5. The summed E-state index contributed by atoms with van der Waals surface area (Å²) < 4.78 is 11.7. The lowest BCUT2D eigenvalue weighted by Crippen LogP contribution is -2.42. The first-order valence-electron chi connectivity index (χ1n) is 9.29. The molecular weight excluding hydrogens is 326 g/mol. The molecular formula is C22H25NO3. The van der Waals surface area contributed by atoms with Crippen LogP contribution in [0.4, 0.5) is 4.79 Å². The first kappa shape index (κ1) is 17.1. The molecule has 2 aromatic carbocycles. The number of rotatable bonds is 5. The Morgan fingerprint density at radius 1 is 1.00 bits per heavy atom. The predicted molar refractivity (Wildman–Crippen MR) is 99.7 cm³/mol. The Balaban J connectivity index is 1.74. The van der Waals surface area contributed by atoms with E-state index < -0.39 is 5.60 Å². The van der Waals surface area contributed by atoms with Crippen LogP contribution in [0.5, 0.6) is 0 Å². The first-order chi connectivity index (χ1) is 12.6. The SMILES string of the molecule is CC(C)[C@@H]1COC(=O)N1[C@@H]1O[C@@]1(c1ccccc1)[C@H](C)c1ccccc1. The van der Waals surface area contributed by atoms with Gasteiger partial charge in [0.25, 0.3) is 0 Å². The van der Waals surface area contributed by atoms with E-state index in [2.05, 4.69) is 45.0 Å². The molecule has 2 aliphatic heterocycles. The number of amides is 1. The van der Waals surface area contributed by atoms with Gasteiger partial charge in [0.2, 0.25) is 0 Å². The normalized spacial score (nSPS) is 28.9.